The molecule has 1 unspecified atom stereocenters. The first kappa shape index (κ1) is 21.2. The number of aromatic carboxylic acids is 1. The van der Waals surface area contributed by atoms with Crippen LogP contribution in [0.25, 0.3) is 10.4 Å². The smallest absolute Gasteiger partial charge is 0.345 e. The number of carboxylic acids is 1. The number of benzene rings is 1. The molecule has 9 heteroatoms. The molecule has 0 spiro atoms. The maximum atomic E-state index is 11.4. The Morgan fingerprint density at radius 3 is 2.62 bits per heavy atom. The van der Waals surface area contributed by atoms with E-state index in [9.17, 15) is 20.4 Å². The van der Waals surface area contributed by atoms with Crippen molar-refractivity contribution >= 4 is 17.3 Å². The molecule has 0 amide bonds. The molecule has 1 aliphatic rings. The Balaban J connectivity index is 2.08. The number of hydrogen-bond donors (Lipinski definition) is 3. The van der Waals surface area contributed by atoms with Crippen LogP contribution in [0.2, 0.25) is 0 Å². The summed E-state index contributed by atoms with van der Waals surface area (Å²) in [5.41, 5.74) is 8.56. The lowest BCUT2D eigenvalue weighted by Crippen LogP contribution is -2.41. The highest BCUT2D eigenvalue weighted by Gasteiger charge is 2.50. The SMILES string of the molecule is Cc1[nH]nc2c1C(c1cc(C#N)cc(-c3ccc(C(=O)O)s3)c1)(C(C)C)C(C#N)=C(N)O2. The second-order valence-electron chi connectivity index (χ2n) is 7.82. The van der Waals surface area contributed by atoms with Gasteiger partial charge in [0.25, 0.3) is 0 Å². The molecular weight excluding hydrogens is 426 g/mol. The fraction of sp³-hybridized carbons (Fsp3) is 0.217. The Kier molecular flexibility index (Phi) is 5.00. The van der Waals surface area contributed by atoms with Crippen molar-refractivity contribution in [1.29, 1.82) is 10.5 Å². The van der Waals surface area contributed by atoms with Gasteiger partial charge in [-0.05, 0) is 54.3 Å². The second-order valence-corrected chi connectivity index (χ2v) is 8.91. The molecule has 0 saturated heterocycles. The molecule has 1 aromatic carbocycles. The van der Waals surface area contributed by atoms with E-state index < -0.39 is 11.4 Å². The van der Waals surface area contributed by atoms with Crippen molar-refractivity contribution in [3.05, 3.63) is 69.0 Å². The van der Waals surface area contributed by atoms with E-state index in [0.717, 1.165) is 17.0 Å². The average Bonchev–Trinajstić information content (AvgIpc) is 3.40. The Labute approximate surface area is 188 Å². The van der Waals surface area contributed by atoms with Crippen molar-refractivity contribution < 1.29 is 14.6 Å². The maximum absolute atomic E-state index is 11.4. The van der Waals surface area contributed by atoms with Gasteiger partial charge < -0.3 is 15.6 Å². The fourth-order valence-corrected chi connectivity index (χ4v) is 5.26. The number of carboxylic acid groups (broad SMARTS) is 1. The van der Waals surface area contributed by atoms with Crippen LogP contribution in [0.15, 0.2) is 41.8 Å². The summed E-state index contributed by atoms with van der Waals surface area (Å²) in [6.07, 6.45) is 0. The number of nitrogens with one attached hydrogen (secondary N) is 1. The highest BCUT2D eigenvalue weighted by atomic mass is 32.1. The molecule has 8 nitrogen and oxygen atoms in total. The van der Waals surface area contributed by atoms with E-state index in [-0.39, 0.29) is 22.3 Å². The molecule has 160 valence electrons. The number of rotatable bonds is 4. The highest BCUT2D eigenvalue weighted by molar-refractivity contribution is 7.17. The van der Waals surface area contributed by atoms with E-state index >= 15 is 0 Å². The first-order chi connectivity index (χ1) is 15.2. The van der Waals surface area contributed by atoms with Crippen molar-refractivity contribution in [2.75, 3.05) is 0 Å². The Morgan fingerprint density at radius 1 is 1.28 bits per heavy atom. The number of aromatic nitrogens is 2. The van der Waals surface area contributed by atoms with E-state index in [0.29, 0.717) is 33.0 Å². The number of H-pyrrole nitrogens is 1. The summed E-state index contributed by atoms with van der Waals surface area (Å²) in [5, 5.41) is 36.3. The van der Waals surface area contributed by atoms with Crippen LogP contribution in [0.1, 0.15) is 45.9 Å². The monoisotopic (exact) mass is 445 g/mol. The number of nitrogens with two attached hydrogens (primary N) is 1. The zero-order valence-electron chi connectivity index (χ0n) is 17.6. The van der Waals surface area contributed by atoms with Crippen LogP contribution in [0.3, 0.4) is 0 Å². The molecule has 0 radical (unpaired) electrons. The van der Waals surface area contributed by atoms with E-state index in [1.807, 2.05) is 26.8 Å². The number of nitriles is 2. The van der Waals surface area contributed by atoms with Crippen molar-refractivity contribution in [1.82, 2.24) is 10.2 Å². The second kappa shape index (κ2) is 7.56. The molecule has 3 aromatic rings. The van der Waals surface area contributed by atoms with Crippen molar-refractivity contribution in [3.63, 3.8) is 0 Å². The zero-order chi connectivity index (χ0) is 23.2. The summed E-state index contributed by atoms with van der Waals surface area (Å²) in [6, 6.07) is 13.0. The molecule has 2 aromatic heterocycles. The lowest BCUT2D eigenvalue weighted by molar-refractivity contribution is 0.0702. The van der Waals surface area contributed by atoms with Gasteiger partial charge >= 0.3 is 5.97 Å². The number of aryl methyl sites for hydroxylation is 1. The largest absolute Gasteiger partial charge is 0.477 e. The molecular formula is C23H19N5O3S. The normalized spacial score (nSPS) is 17.4. The van der Waals surface area contributed by atoms with Crippen LogP contribution in [0, 0.1) is 35.5 Å². The van der Waals surface area contributed by atoms with Gasteiger partial charge in [-0.3, -0.25) is 5.10 Å². The van der Waals surface area contributed by atoms with Crippen molar-refractivity contribution in [3.8, 4) is 28.5 Å². The standard InChI is InChI=1S/C23H19N5O3S/c1-11(2)23(16(10-25)20(26)31-21-19(23)12(3)27-28-21)15-7-13(9-24)6-14(8-15)17-4-5-18(32-17)22(29)30/h4-8,11H,26H2,1-3H3,(H,27,28)(H,29,30). The first-order valence-corrected chi connectivity index (χ1v) is 10.6. The van der Waals surface area contributed by atoms with Gasteiger partial charge in [-0.2, -0.15) is 10.5 Å². The molecule has 0 fully saturated rings. The minimum absolute atomic E-state index is 0.0339. The Morgan fingerprint density at radius 2 is 2.03 bits per heavy atom. The van der Waals surface area contributed by atoms with Crippen LogP contribution in [0.5, 0.6) is 5.88 Å². The summed E-state index contributed by atoms with van der Waals surface area (Å²) < 4.78 is 5.65. The van der Waals surface area contributed by atoms with Gasteiger partial charge in [0.05, 0.1) is 22.6 Å². The first-order valence-electron chi connectivity index (χ1n) is 9.76. The van der Waals surface area contributed by atoms with Crippen LogP contribution in [-0.2, 0) is 5.41 Å². The third kappa shape index (κ3) is 2.95. The molecule has 4 N–H and O–H groups in total. The Bertz CT molecular complexity index is 1370. The topological polar surface area (TPSA) is 149 Å². The summed E-state index contributed by atoms with van der Waals surface area (Å²) in [7, 11) is 0. The lowest BCUT2D eigenvalue weighted by atomic mass is 9.61. The number of nitrogens with zero attached hydrogens (tertiary/aromatic N) is 3. The zero-order valence-corrected chi connectivity index (χ0v) is 18.4. The molecule has 0 aliphatic carbocycles. The third-order valence-corrected chi connectivity index (χ3v) is 6.87. The lowest BCUT2D eigenvalue weighted by Gasteiger charge is -2.41. The van der Waals surface area contributed by atoms with Gasteiger partial charge in [0.2, 0.25) is 11.8 Å². The Hall–Kier alpha value is -4.08. The number of hydrogen-bond acceptors (Lipinski definition) is 7. The summed E-state index contributed by atoms with van der Waals surface area (Å²) in [6.45, 7) is 5.79. The van der Waals surface area contributed by atoms with E-state index in [1.165, 1.54) is 6.07 Å². The molecule has 0 saturated carbocycles. The number of ether oxygens (including phenoxy) is 1. The van der Waals surface area contributed by atoms with E-state index in [2.05, 4.69) is 22.3 Å². The summed E-state index contributed by atoms with van der Waals surface area (Å²) in [5.74, 6) is -0.911. The number of aromatic amines is 1. The predicted octanol–water partition coefficient (Wildman–Crippen LogP) is 4.04. The van der Waals surface area contributed by atoms with Crippen LogP contribution in [0.4, 0.5) is 0 Å². The van der Waals surface area contributed by atoms with Gasteiger partial charge in [0.15, 0.2) is 0 Å². The number of allylic oxidation sites excluding steroid dienone is 1. The van der Waals surface area contributed by atoms with Gasteiger partial charge in [-0.25, -0.2) is 4.79 Å². The predicted molar refractivity (Wildman–Crippen MR) is 118 cm³/mol. The van der Waals surface area contributed by atoms with Crippen LogP contribution >= 0.6 is 11.3 Å². The minimum Gasteiger partial charge on any atom is -0.477 e. The fourth-order valence-electron chi connectivity index (χ4n) is 4.43. The van der Waals surface area contributed by atoms with Crippen molar-refractivity contribution in [2.45, 2.75) is 26.2 Å². The number of thiophene rings is 1. The van der Waals surface area contributed by atoms with Gasteiger partial charge in [-0.1, -0.05) is 13.8 Å². The maximum Gasteiger partial charge on any atom is 0.345 e. The molecule has 1 atom stereocenters. The summed E-state index contributed by atoms with van der Waals surface area (Å²) in [4.78, 5) is 12.3. The van der Waals surface area contributed by atoms with E-state index in [4.69, 9.17) is 10.5 Å². The molecule has 4 rings (SSSR count). The molecule has 32 heavy (non-hydrogen) atoms. The quantitative estimate of drug-likeness (QED) is 0.548. The summed E-state index contributed by atoms with van der Waals surface area (Å²) >= 11 is 1.12. The minimum atomic E-state index is -1.02. The van der Waals surface area contributed by atoms with Crippen molar-refractivity contribution in [2.24, 2.45) is 11.7 Å². The highest BCUT2D eigenvalue weighted by Crippen LogP contribution is 2.53. The molecule has 3 heterocycles. The van der Waals surface area contributed by atoms with Gasteiger partial charge in [0, 0.05) is 10.6 Å². The molecule has 0 bridgehead atoms. The third-order valence-electron chi connectivity index (χ3n) is 5.75. The van der Waals surface area contributed by atoms with Gasteiger partial charge in [0.1, 0.15) is 16.5 Å². The molecule has 1 aliphatic heterocycles. The average molecular weight is 446 g/mol. The number of fused-ring (bicyclic) bond motifs is 1. The van der Waals surface area contributed by atoms with Crippen LogP contribution < -0.4 is 10.5 Å². The van der Waals surface area contributed by atoms with E-state index in [1.54, 1.807) is 18.2 Å². The van der Waals surface area contributed by atoms with Gasteiger partial charge in [-0.15, -0.1) is 16.4 Å². The van der Waals surface area contributed by atoms with Crippen LogP contribution in [-0.4, -0.2) is 21.3 Å². The number of carbonyl (C=O) groups is 1.